The Hall–Kier alpha value is -1.84. The van der Waals surface area contributed by atoms with E-state index in [0.29, 0.717) is 6.42 Å². The Morgan fingerprint density at radius 1 is 1.41 bits per heavy atom. The minimum Gasteiger partial charge on any atom is -0.481 e. The topological polar surface area (TPSA) is 55.1 Å². The fourth-order valence-corrected chi connectivity index (χ4v) is 2.07. The summed E-state index contributed by atoms with van der Waals surface area (Å²) in [6.45, 7) is 2.94. The molecule has 4 heteroatoms. The van der Waals surface area contributed by atoms with Crippen LogP contribution in [-0.2, 0) is 17.8 Å². The number of carboxylic acid groups (broad SMARTS) is 1. The number of aryl methyl sites for hydroxylation is 2. The molecule has 0 fully saturated rings. The Labute approximate surface area is 99.9 Å². The predicted molar refractivity (Wildman–Crippen MR) is 66.0 cm³/mol. The Morgan fingerprint density at radius 3 is 2.88 bits per heavy atom. The lowest BCUT2D eigenvalue weighted by molar-refractivity contribution is -0.137. The minimum atomic E-state index is -0.746. The molecule has 1 aromatic heterocycles. The van der Waals surface area contributed by atoms with Crippen LogP contribution in [0.2, 0.25) is 0 Å². The van der Waals surface area contributed by atoms with E-state index in [1.807, 2.05) is 24.3 Å². The lowest BCUT2D eigenvalue weighted by atomic mass is 10.2. The Balaban J connectivity index is 2.24. The van der Waals surface area contributed by atoms with Gasteiger partial charge >= 0.3 is 5.97 Å². The molecular formula is C13H16N2O2. The maximum atomic E-state index is 10.5. The van der Waals surface area contributed by atoms with E-state index in [0.717, 1.165) is 29.8 Å². The molecule has 1 N–H and O–H groups in total. The molecule has 0 unspecified atom stereocenters. The van der Waals surface area contributed by atoms with Crippen LogP contribution >= 0.6 is 0 Å². The predicted octanol–water partition coefficient (Wildman–Crippen LogP) is 2.46. The van der Waals surface area contributed by atoms with Gasteiger partial charge in [-0.2, -0.15) is 0 Å². The normalized spacial score (nSPS) is 10.9. The number of para-hydroxylation sites is 2. The van der Waals surface area contributed by atoms with Crippen molar-refractivity contribution in [2.75, 3.05) is 0 Å². The Kier molecular flexibility index (Phi) is 3.42. The third-order valence-corrected chi connectivity index (χ3v) is 2.84. The summed E-state index contributed by atoms with van der Waals surface area (Å²) < 4.78 is 2.15. The SMILES string of the molecule is CCn1c(CCCC(=O)O)nc2ccccc21. The van der Waals surface area contributed by atoms with Crippen molar-refractivity contribution in [1.29, 1.82) is 0 Å². The summed E-state index contributed by atoms with van der Waals surface area (Å²) in [5.41, 5.74) is 2.11. The van der Waals surface area contributed by atoms with Crippen molar-refractivity contribution < 1.29 is 9.90 Å². The molecule has 0 spiro atoms. The number of hydrogen-bond acceptors (Lipinski definition) is 2. The van der Waals surface area contributed by atoms with Crippen molar-refractivity contribution in [3.63, 3.8) is 0 Å². The standard InChI is InChI=1S/C13H16N2O2/c1-2-15-11-7-4-3-6-10(11)14-12(15)8-5-9-13(16)17/h3-4,6-7H,2,5,8-9H2,1H3,(H,16,17). The van der Waals surface area contributed by atoms with Gasteiger partial charge < -0.3 is 9.67 Å². The smallest absolute Gasteiger partial charge is 0.303 e. The van der Waals surface area contributed by atoms with E-state index in [2.05, 4.69) is 16.5 Å². The van der Waals surface area contributed by atoms with Gasteiger partial charge in [0.15, 0.2) is 0 Å². The van der Waals surface area contributed by atoms with Gasteiger partial charge in [0.2, 0.25) is 0 Å². The molecule has 0 amide bonds. The van der Waals surface area contributed by atoms with Gasteiger partial charge in [0, 0.05) is 19.4 Å². The summed E-state index contributed by atoms with van der Waals surface area (Å²) >= 11 is 0. The first kappa shape index (κ1) is 11.6. The second-order valence-electron chi connectivity index (χ2n) is 4.01. The first-order chi connectivity index (χ1) is 8.22. The molecule has 0 aliphatic rings. The maximum absolute atomic E-state index is 10.5. The summed E-state index contributed by atoms with van der Waals surface area (Å²) in [7, 11) is 0. The fourth-order valence-electron chi connectivity index (χ4n) is 2.07. The van der Waals surface area contributed by atoms with E-state index in [1.165, 1.54) is 0 Å². The second kappa shape index (κ2) is 4.99. The molecule has 0 atom stereocenters. The molecule has 90 valence electrons. The maximum Gasteiger partial charge on any atom is 0.303 e. The van der Waals surface area contributed by atoms with E-state index in [1.54, 1.807) is 0 Å². The lowest BCUT2D eigenvalue weighted by Gasteiger charge is -2.04. The van der Waals surface area contributed by atoms with Crippen LogP contribution in [0, 0.1) is 0 Å². The average Bonchev–Trinajstić information content (AvgIpc) is 2.66. The van der Waals surface area contributed by atoms with Gasteiger partial charge in [-0.3, -0.25) is 4.79 Å². The minimum absolute atomic E-state index is 0.201. The van der Waals surface area contributed by atoms with Gasteiger partial charge in [-0.05, 0) is 25.5 Å². The van der Waals surface area contributed by atoms with E-state index >= 15 is 0 Å². The summed E-state index contributed by atoms with van der Waals surface area (Å²) in [6, 6.07) is 8.00. The number of carboxylic acids is 1. The second-order valence-corrected chi connectivity index (χ2v) is 4.01. The highest BCUT2D eigenvalue weighted by atomic mass is 16.4. The number of benzene rings is 1. The summed E-state index contributed by atoms with van der Waals surface area (Å²) in [5, 5.41) is 8.63. The van der Waals surface area contributed by atoms with E-state index in [4.69, 9.17) is 5.11 Å². The number of fused-ring (bicyclic) bond motifs is 1. The fraction of sp³-hybridized carbons (Fsp3) is 0.385. The molecule has 0 bridgehead atoms. The van der Waals surface area contributed by atoms with E-state index in [9.17, 15) is 4.79 Å². The van der Waals surface area contributed by atoms with E-state index < -0.39 is 5.97 Å². The highest BCUT2D eigenvalue weighted by molar-refractivity contribution is 5.75. The van der Waals surface area contributed by atoms with Crippen LogP contribution in [-0.4, -0.2) is 20.6 Å². The number of hydrogen-bond donors (Lipinski definition) is 1. The third kappa shape index (κ3) is 2.46. The average molecular weight is 232 g/mol. The molecule has 0 radical (unpaired) electrons. The van der Waals surface area contributed by atoms with Gasteiger partial charge in [-0.15, -0.1) is 0 Å². The zero-order valence-corrected chi connectivity index (χ0v) is 9.89. The molecule has 0 aliphatic carbocycles. The van der Waals surface area contributed by atoms with Crippen molar-refractivity contribution in [3.8, 4) is 0 Å². The zero-order valence-electron chi connectivity index (χ0n) is 9.89. The van der Waals surface area contributed by atoms with Gasteiger partial charge in [0.25, 0.3) is 0 Å². The molecule has 4 nitrogen and oxygen atoms in total. The molecule has 0 saturated heterocycles. The first-order valence-corrected chi connectivity index (χ1v) is 5.88. The number of carbonyl (C=O) groups is 1. The summed E-state index contributed by atoms with van der Waals surface area (Å²) in [5.74, 6) is 0.235. The lowest BCUT2D eigenvalue weighted by Crippen LogP contribution is -2.03. The molecule has 1 heterocycles. The van der Waals surface area contributed by atoms with Crippen LogP contribution in [0.25, 0.3) is 11.0 Å². The van der Waals surface area contributed by atoms with Crippen LogP contribution in [0.5, 0.6) is 0 Å². The molecule has 17 heavy (non-hydrogen) atoms. The number of imidazole rings is 1. The van der Waals surface area contributed by atoms with Crippen molar-refractivity contribution in [3.05, 3.63) is 30.1 Å². The van der Waals surface area contributed by atoms with Gasteiger partial charge in [0.05, 0.1) is 11.0 Å². The Bertz CT molecular complexity index is 531. The van der Waals surface area contributed by atoms with Crippen LogP contribution in [0.1, 0.15) is 25.6 Å². The number of rotatable bonds is 5. The molecule has 0 saturated carbocycles. The Morgan fingerprint density at radius 2 is 2.18 bits per heavy atom. The van der Waals surface area contributed by atoms with Crippen LogP contribution in [0.4, 0.5) is 0 Å². The van der Waals surface area contributed by atoms with Crippen LogP contribution < -0.4 is 0 Å². The molecule has 2 aromatic rings. The quantitative estimate of drug-likeness (QED) is 0.861. The van der Waals surface area contributed by atoms with Crippen molar-refractivity contribution >= 4 is 17.0 Å². The van der Waals surface area contributed by atoms with Crippen LogP contribution in [0.15, 0.2) is 24.3 Å². The monoisotopic (exact) mass is 232 g/mol. The molecular weight excluding hydrogens is 216 g/mol. The number of aliphatic carboxylic acids is 1. The molecule has 1 aromatic carbocycles. The molecule has 2 rings (SSSR count). The van der Waals surface area contributed by atoms with Gasteiger partial charge in [0.1, 0.15) is 5.82 Å². The zero-order chi connectivity index (χ0) is 12.3. The summed E-state index contributed by atoms with van der Waals surface area (Å²) in [4.78, 5) is 15.0. The van der Waals surface area contributed by atoms with Crippen molar-refractivity contribution in [2.24, 2.45) is 0 Å². The molecule has 0 aliphatic heterocycles. The largest absolute Gasteiger partial charge is 0.481 e. The van der Waals surface area contributed by atoms with Gasteiger partial charge in [-0.25, -0.2) is 4.98 Å². The van der Waals surface area contributed by atoms with Crippen LogP contribution in [0.3, 0.4) is 0 Å². The highest BCUT2D eigenvalue weighted by Crippen LogP contribution is 2.17. The third-order valence-electron chi connectivity index (χ3n) is 2.84. The number of aromatic nitrogens is 2. The van der Waals surface area contributed by atoms with Crippen molar-refractivity contribution in [2.45, 2.75) is 32.7 Å². The number of nitrogens with zero attached hydrogens (tertiary/aromatic N) is 2. The van der Waals surface area contributed by atoms with Crippen molar-refractivity contribution in [1.82, 2.24) is 9.55 Å². The first-order valence-electron chi connectivity index (χ1n) is 5.88. The van der Waals surface area contributed by atoms with Gasteiger partial charge in [-0.1, -0.05) is 12.1 Å². The van der Waals surface area contributed by atoms with E-state index in [-0.39, 0.29) is 6.42 Å². The summed E-state index contributed by atoms with van der Waals surface area (Å²) in [6.07, 6.45) is 1.56. The highest BCUT2D eigenvalue weighted by Gasteiger charge is 2.09.